The summed E-state index contributed by atoms with van der Waals surface area (Å²) >= 11 is 5.81. The fourth-order valence-corrected chi connectivity index (χ4v) is 3.67. The van der Waals surface area contributed by atoms with Gasteiger partial charge in [-0.15, -0.1) is 0 Å². The predicted octanol–water partition coefficient (Wildman–Crippen LogP) is 2.09. The maximum Gasteiger partial charge on any atom is 0.264 e. The van der Waals surface area contributed by atoms with Gasteiger partial charge >= 0.3 is 0 Å². The highest BCUT2D eigenvalue weighted by Gasteiger charge is 2.27. The van der Waals surface area contributed by atoms with Crippen LogP contribution >= 0.6 is 11.6 Å². The summed E-state index contributed by atoms with van der Waals surface area (Å²) in [6, 6.07) is 12.7. The number of carbonyl (C=O) groups excluding carboxylic acids is 1. The van der Waals surface area contributed by atoms with Crippen LogP contribution in [0.25, 0.3) is 0 Å². The van der Waals surface area contributed by atoms with E-state index >= 15 is 0 Å². The van der Waals surface area contributed by atoms with Crippen LogP contribution in [0, 0.1) is 0 Å². The SMILES string of the molecule is CCc1ccc(N(CC(=O)NN)S(=O)(=O)c2ccc(Cl)cc2)cc1. The third kappa shape index (κ3) is 4.05. The van der Waals surface area contributed by atoms with E-state index in [0.717, 1.165) is 16.3 Å². The van der Waals surface area contributed by atoms with Crippen molar-refractivity contribution < 1.29 is 13.2 Å². The Morgan fingerprint density at radius 2 is 1.71 bits per heavy atom. The third-order valence-electron chi connectivity index (χ3n) is 3.48. The third-order valence-corrected chi connectivity index (χ3v) is 5.52. The van der Waals surface area contributed by atoms with Gasteiger partial charge in [-0.2, -0.15) is 0 Å². The van der Waals surface area contributed by atoms with Crippen LogP contribution in [0.15, 0.2) is 53.4 Å². The standard InChI is InChI=1S/C16H18ClN3O3S/c1-2-12-3-7-14(8-4-12)20(11-16(21)19-18)24(22,23)15-9-5-13(17)6-10-15/h3-10H,2,11,18H2,1H3,(H,19,21). The van der Waals surface area contributed by atoms with E-state index < -0.39 is 22.5 Å². The van der Waals surface area contributed by atoms with E-state index in [1.165, 1.54) is 24.3 Å². The van der Waals surface area contributed by atoms with Crippen molar-refractivity contribution in [2.75, 3.05) is 10.8 Å². The molecule has 6 nitrogen and oxygen atoms in total. The fourth-order valence-electron chi connectivity index (χ4n) is 2.12. The first-order valence-electron chi connectivity index (χ1n) is 7.25. The van der Waals surface area contributed by atoms with Crippen molar-refractivity contribution in [1.29, 1.82) is 0 Å². The number of hydrazine groups is 1. The van der Waals surface area contributed by atoms with E-state index in [1.54, 1.807) is 12.1 Å². The van der Waals surface area contributed by atoms with E-state index in [4.69, 9.17) is 17.4 Å². The van der Waals surface area contributed by atoms with Crippen LogP contribution in [0.4, 0.5) is 5.69 Å². The van der Waals surface area contributed by atoms with E-state index in [1.807, 2.05) is 24.5 Å². The summed E-state index contributed by atoms with van der Waals surface area (Å²) in [6.07, 6.45) is 0.827. The molecule has 0 saturated carbocycles. The molecule has 0 bridgehead atoms. The molecule has 8 heteroatoms. The van der Waals surface area contributed by atoms with Gasteiger partial charge < -0.3 is 0 Å². The van der Waals surface area contributed by atoms with Crippen LogP contribution in [-0.2, 0) is 21.2 Å². The minimum atomic E-state index is -3.94. The summed E-state index contributed by atoms with van der Waals surface area (Å²) in [6.45, 7) is 1.58. The molecule has 128 valence electrons. The molecule has 2 aromatic rings. The molecule has 0 unspecified atom stereocenters. The number of nitrogens with two attached hydrogens (primary N) is 1. The normalized spacial score (nSPS) is 11.1. The molecular weight excluding hydrogens is 350 g/mol. The molecular formula is C16H18ClN3O3S. The van der Waals surface area contributed by atoms with Crippen LogP contribution in [0.5, 0.6) is 0 Å². The number of halogens is 1. The molecule has 24 heavy (non-hydrogen) atoms. The number of anilines is 1. The molecule has 0 spiro atoms. The maximum absolute atomic E-state index is 12.9. The molecule has 0 aliphatic heterocycles. The summed E-state index contributed by atoms with van der Waals surface area (Å²) in [5.41, 5.74) is 3.40. The second-order valence-electron chi connectivity index (χ2n) is 5.05. The number of rotatable bonds is 6. The molecule has 2 rings (SSSR count). The molecule has 0 heterocycles. The van der Waals surface area contributed by atoms with Crippen molar-refractivity contribution in [2.24, 2.45) is 5.84 Å². The first-order chi connectivity index (χ1) is 11.4. The lowest BCUT2D eigenvalue weighted by atomic mass is 10.1. The van der Waals surface area contributed by atoms with E-state index in [-0.39, 0.29) is 4.90 Å². The molecule has 0 fully saturated rings. The summed E-state index contributed by atoms with van der Waals surface area (Å²) in [4.78, 5) is 11.7. The number of sulfonamides is 1. The van der Waals surface area contributed by atoms with Gasteiger partial charge in [0.25, 0.3) is 15.9 Å². The van der Waals surface area contributed by atoms with Crippen LogP contribution < -0.4 is 15.6 Å². The highest BCUT2D eigenvalue weighted by atomic mass is 35.5. The number of aryl methyl sites for hydroxylation is 1. The average molecular weight is 368 g/mol. The number of benzene rings is 2. The number of nitrogens with zero attached hydrogens (tertiary/aromatic N) is 1. The number of carbonyl (C=O) groups is 1. The molecule has 3 N–H and O–H groups in total. The van der Waals surface area contributed by atoms with Crippen LogP contribution in [0.2, 0.25) is 5.02 Å². The quantitative estimate of drug-likeness (QED) is 0.464. The Balaban J connectivity index is 2.47. The van der Waals surface area contributed by atoms with Crippen molar-refractivity contribution >= 4 is 33.2 Å². The maximum atomic E-state index is 12.9. The molecule has 0 aliphatic carbocycles. The zero-order chi connectivity index (χ0) is 17.7. The average Bonchev–Trinajstić information content (AvgIpc) is 2.59. The lowest BCUT2D eigenvalue weighted by Crippen LogP contribution is -2.43. The molecule has 2 aromatic carbocycles. The Hall–Kier alpha value is -2.09. The first-order valence-corrected chi connectivity index (χ1v) is 9.07. The summed E-state index contributed by atoms with van der Waals surface area (Å²) in [7, 11) is -3.94. The molecule has 1 amide bonds. The van der Waals surface area contributed by atoms with E-state index in [2.05, 4.69) is 0 Å². The number of nitrogens with one attached hydrogen (secondary N) is 1. The molecule has 0 saturated heterocycles. The Bertz CT molecular complexity index is 805. The largest absolute Gasteiger partial charge is 0.293 e. The Morgan fingerprint density at radius 1 is 1.12 bits per heavy atom. The van der Waals surface area contributed by atoms with E-state index in [0.29, 0.717) is 10.7 Å². The van der Waals surface area contributed by atoms with Gasteiger partial charge in [-0.1, -0.05) is 30.7 Å². The lowest BCUT2D eigenvalue weighted by molar-refractivity contribution is -0.119. The monoisotopic (exact) mass is 367 g/mol. The van der Waals surface area contributed by atoms with Gasteiger partial charge in [-0.3, -0.25) is 14.5 Å². The second kappa shape index (κ2) is 7.65. The molecule has 0 atom stereocenters. The highest BCUT2D eigenvalue weighted by Crippen LogP contribution is 2.25. The van der Waals surface area contributed by atoms with Crippen LogP contribution in [-0.4, -0.2) is 20.9 Å². The minimum Gasteiger partial charge on any atom is -0.293 e. The zero-order valence-corrected chi connectivity index (χ0v) is 14.6. The second-order valence-corrected chi connectivity index (χ2v) is 7.35. The van der Waals surface area contributed by atoms with Crippen LogP contribution in [0.3, 0.4) is 0 Å². The smallest absolute Gasteiger partial charge is 0.264 e. The summed E-state index contributed by atoms with van der Waals surface area (Å²) in [5, 5.41) is 0.424. The fraction of sp³-hybridized carbons (Fsp3) is 0.188. The minimum absolute atomic E-state index is 0.0382. The van der Waals surface area contributed by atoms with Gasteiger partial charge in [0.15, 0.2) is 0 Å². The Morgan fingerprint density at radius 3 is 2.21 bits per heavy atom. The highest BCUT2D eigenvalue weighted by molar-refractivity contribution is 7.92. The van der Waals surface area contributed by atoms with Gasteiger partial charge in [0.1, 0.15) is 6.54 Å². The Labute approximate surface area is 146 Å². The van der Waals surface area contributed by atoms with Crippen molar-refractivity contribution in [3.05, 3.63) is 59.1 Å². The van der Waals surface area contributed by atoms with Crippen LogP contribution in [0.1, 0.15) is 12.5 Å². The summed E-state index contributed by atoms with van der Waals surface area (Å²) < 4.78 is 26.8. The topological polar surface area (TPSA) is 92.5 Å². The lowest BCUT2D eigenvalue weighted by Gasteiger charge is -2.24. The van der Waals surface area contributed by atoms with Crippen molar-refractivity contribution in [1.82, 2.24) is 5.43 Å². The van der Waals surface area contributed by atoms with Crippen molar-refractivity contribution in [3.8, 4) is 0 Å². The molecule has 0 aromatic heterocycles. The first kappa shape index (κ1) is 18.3. The predicted molar refractivity (Wildman–Crippen MR) is 94.1 cm³/mol. The Kier molecular flexibility index (Phi) is 5.82. The van der Waals surface area contributed by atoms with Gasteiger partial charge in [0.05, 0.1) is 10.6 Å². The zero-order valence-electron chi connectivity index (χ0n) is 13.1. The van der Waals surface area contributed by atoms with Gasteiger partial charge in [-0.05, 0) is 48.4 Å². The molecule has 0 radical (unpaired) electrons. The number of hydrogen-bond donors (Lipinski definition) is 2. The van der Waals surface area contributed by atoms with Gasteiger partial charge in [0, 0.05) is 5.02 Å². The number of amides is 1. The van der Waals surface area contributed by atoms with E-state index in [9.17, 15) is 13.2 Å². The summed E-state index contributed by atoms with van der Waals surface area (Å²) in [5.74, 6) is 4.49. The molecule has 0 aliphatic rings. The number of hydrogen-bond acceptors (Lipinski definition) is 4. The van der Waals surface area contributed by atoms with Crippen molar-refractivity contribution in [2.45, 2.75) is 18.2 Å². The van der Waals surface area contributed by atoms with Crippen molar-refractivity contribution in [3.63, 3.8) is 0 Å². The van der Waals surface area contributed by atoms with Gasteiger partial charge in [-0.25, -0.2) is 14.3 Å². The van der Waals surface area contributed by atoms with Gasteiger partial charge in [0.2, 0.25) is 0 Å².